The fourth-order valence-electron chi connectivity index (χ4n) is 4.12. The van der Waals surface area contributed by atoms with Gasteiger partial charge >= 0.3 is 0 Å². The third-order valence-corrected chi connectivity index (χ3v) is 5.36. The summed E-state index contributed by atoms with van der Waals surface area (Å²) in [6.07, 6.45) is 7.97. The summed E-state index contributed by atoms with van der Waals surface area (Å²) in [5, 5.41) is 0. The molecule has 0 aromatic carbocycles. The Bertz CT molecular complexity index is 491. The van der Waals surface area contributed by atoms with Crippen molar-refractivity contribution in [2.45, 2.75) is 71.4 Å². The number of anilines is 1. The molecule has 0 aliphatic carbocycles. The lowest BCUT2D eigenvalue weighted by molar-refractivity contribution is 0.111. The summed E-state index contributed by atoms with van der Waals surface area (Å²) in [5.74, 6) is 1.19. The molecule has 0 N–H and O–H groups in total. The number of hydrogen-bond donors (Lipinski definition) is 0. The Balaban J connectivity index is 1.81. The van der Waals surface area contributed by atoms with Crippen molar-refractivity contribution in [2.24, 2.45) is 0 Å². The molecule has 2 fully saturated rings. The van der Waals surface area contributed by atoms with Crippen LogP contribution in [0.15, 0.2) is 12.1 Å². The number of aromatic nitrogens is 1. The van der Waals surface area contributed by atoms with Crippen molar-refractivity contribution in [2.75, 3.05) is 24.5 Å². The molecule has 2 aliphatic heterocycles. The van der Waals surface area contributed by atoms with Crippen LogP contribution in [0.1, 0.15) is 69.7 Å². The SMILES string of the molecule is Cc1nc(N2CCCCC2)ccc1C1CCCCN1C(C)C. The maximum atomic E-state index is 4.97. The molecule has 3 heterocycles. The molecule has 122 valence electrons. The van der Waals surface area contributed by atoms with Gasteiger partial charge in [-0.15, -0.1) is 0 Å². The first-order valence-corrected chi connectivity index (χ1v) is 9.15. The molecule has 1 aromatic heterocycles. The molecule has 2 aliphatic rings. The van der Waals surface area contributed by atoms with E-state index in [4.69, 9.17) is 4.98 Å². The predicted octanol–water partition coefficient (Wildman–Crippen LogP) is 4.32. The summed E-state index contributed by atoms with van der Waals surface area (Å²) in [4.78, 5) is 10.1. The minimum Gasteiger partial charge on any atom is -0.357 e. The van der Waals surface area contributed by atoms with Crippen LogP contribution >= 0.6 is 0 Å². The van der Waals surface area contributed by atoms with E-state index in [9.17, 15) is 0 Å². The highest BCUT2D eigenvalue weighted by Crippen LogP contribution is 2.34. The van der Waals surface area contributed by atoms with Gasteiger partial charge in [-0.05, 0) is 71.0 Å². The first kappa shape index (κ1) is 15.8. The second-order valence-corrected chi connectivity index (χ2v) is 7.23. The van der Waals surface area contributed by atoms with Crippen LogP contribution < -0.4 is 4.90 Å². The van der Waals surface area contributed by atoms with E-state index in [-0.39, 0.29) is 0 Å². The van der Waals surface area contributed by atoms with E-state index >= 15 is 0 Å². The Kier molecular flexibility index (Phi) is 5.02. The number of nitrogens with zero attached hydrogens (tertiary/aromatic N) is 3. The zero-order valence-electron chi connectivity index (χ0n) is 14.5. The van der Waals surface area contributed by atoms with Crippen LogP contribution in [0.5, 0.6) is 0 Å². The van der Waals surface area contributed by atoms with Crippen molar-refractivity contribution >= 4 is 5.82 Å². The van der Waals surface area contributed by atoms with Crippen LogP contribution in [0.2, 0.25) is 0 Å². The maximum absolute atomic E-state index is 4.97. The number of hydrogen-bond acceptors (Lipinski definition) is 3. The largest absolute Gasteiger partial charge is 0.357 e. The van der Waals surface area contributed by atoms with Crippen molar-refractivity contribution < 1.29 is 0 Å². The van der Waals surface area contributed by atoms with Gasteiger partial charge in [0, 0.05) is 30.9 Å². The van der Waals surface area contributed by atoms with E-state index < -0.39 is 0 Å². The number of pyridine rings is 1. The lowest BCUT2D eigenvalue weighted by atomic mass is 9.93. The summed E-state index contributed by atoms with van der Waals surface area (Å²) >= 11 is 0. The molecule has 0 radical (unpaired) electrons. The molecule has 22 heavy (non-hydrogen) atoms. The van der Waals surface area contributed by atoms with Crippen LogP contribution in [0.4, 0.5) is 5.82 Å². The van der Waals surface area contributed by atoms with Crippen molar-refractivity contribution in [3.05, 3.63) is 23.4 Å². The molecule has 0 spiro atoms. The lowest BCUT2D eigenvalue weighted by Gasteiger charge is -2.39. The topological polar surface area (TPSA) is 19.4 Å². The average Bonchev–Trinajstić information content (AvgIpc) is 2.55. The van der Waals surface area contributed by atoms with E-state index in [0.29, 0.717) is 12.1 Å². The summed E-state index contributed by atoms with van der Waals surface area (Å²) in [6.45, 7) is 10.4. The quantitative estimate of drug-likeness (QED) is 0.829. The molecule has 2 saturated heterocycles. The van der Waals surface area contributed by atoms with Gasteiger partial charge in [0.1, 0.15) is 5.82 Å². The van der Waals surface area contributed by atoms with Gasteiger partial charge in [0.25, 0.3) is 0 Å². The van der Waals surface area contributed by atoms with Crippen molar-refractivity contribution in [3.8, 4) is 0 Å². The molecule has 3 nitrogen and oxygen atoms in total. The molecule has 0 bridgehead atoms. The van der Waals surface area contributed by atoms with E-state index in [1.165, 1.54) is 75.2 Å². The number of likely N-dealkylation sites (tertiary alicyclic amines) is 1. The van der Waals surface area contributed by atoms with Gasteiger partial charge in [-0.2, -0.15) is 0 Å². The summed E-state index contributed by atoms with van der Waals surface area (Å²) < 4.78 is 0. The Morgan fingerprint density at radius 3 is 2.41 bits per heavy atom. The Morgan fingerprint density at radius 2 is 1.73 bits per heavy atom. The molecule has 1 atom stereocenters. The molecule has 1 aromatic rings. The highest BCUT2D eigenvalue weighted by Gasteiger charge is 2.27. The second kappa shape index (κ2) is 6.99. The van der Waals surface area contributed by atoms with Crippen LogP contribution in [-0.2, 0) is 0 Å². The van der Waals surface area contributed by atoms with Gasteiger partial charge < -0.3 is 4.90 Å². The second-order valence-electron chi connectivity index (χ2n) is 7.23. The fourth-order valence-corrected chi connectivity index (χ4v) is 4.12. The van der Waals surface area contributed by atoms with E-state index in [1.54, 1.807) is 0 Å². The van der Waals surface area contributed by atoms with Crippen LogP contribution in [-0.4, -0.2) is 35.6 Å². The van der Waals surface area contributed by atoms with Crippen LogP contribution in [0.3, 0.4) is 0 Å². The van der Waals surface area contributed by atoms with E-state index in [0.717, 1.165) is 0 Å². The standard InChI is InChI=1S/C19H31N3/c1-15(2)22-14-8-5-9-18(22)17-10-11-19(20-16(17)3)21-12-6-4-7-13-21/h10-11,15,18H,4-9,12-14H2,1-3H3. The third kappa shape index (κ3) is 3.29. The molecular weight excluding hydrogens is 270 g/mol. The smallest absolute Gasteiger partial charge is 0.128 e. The van der Waals surface area contributed by atoms with E-state index in [2.05, 4.69) is 42.7 Å². The maximum Gasteiger partial charge on any atom is 0.128 e. The summed E-state index contributed by atoms with van der Waals surface area (Å²) in [6, 6.07) is 5.81. The van der Waals surface area contributed by atoms with Crippen molar-refractivity contribution in [1.82, 2.24) is 9.88 Å². The monoisotopic (exact) mass is 301 g/mol. The summed E-state index contributed by atoms with van der Waals surface area (Å²) in [7, 11) is 0. The number of piperidine rings is 2. The minimum atomic E-state index is 0.566. The molecule has 3 rings (SSSR count). The van der Waals surface area contributed by atoms with Crippen LogP contribution in [0, 0.1) is 6.92 Å². The molecule has 0 amide bonds. The third-order valence-electron chi connectivity index (χ3n) is 5.36. The van der Waals surface area contributed by atoms with Gasteiger partial charge in [-0.25, -0.2) is 4.98 Å². The van der Waals surface area contributed by atoms with Gasteiger partial charge in [-0.1, -0.05) is 12.5 Å². The predicted molar refractivity (Wildman–Crippen MR) is 93.5 cm³/mol. The highest BCUT2D eigenvalue weighted by atomic mass is 15.2. The molecular formula is C19H31N3. The van der Waals surface area contributed by atoms with Gasteiger partial charge in [-0.3, -0.25) is 4.90 Å². The van der Waals surface area contributed by atoms with Gasteiger partial charge in [0.15, 0.2) is 0 Å². The van der Waals surface area contributed by atoms with Gasteiger partial charge in [0.05, 0.1) is 0 Å². The lowest BCUT2D eigenvalue weighted by Crippen LogP contribution is -2.39. The first-order valence-electron chi connectivity index (χ1n) is 9.15. The molecule has 1 unspecified atom stereocenters. The molecule has 0 saturated carbocycles. The zero-order chi connectivity index (χ0) is 15.5. The Hall–Kier alpha value is -1.09. The Labute approximate surface area is 135 Å². The summed E-state index contributed by atoms with van der Waals surface area (Å²) in [5.41, 5.74) is 2.69. The highest BCUT2D eigenvalue weighted by molar-refractivity contribution is 5.43. The average molecular weight is 301 g/mol. The van der Waals surface area contributed by atoms with Crippen LogP contribution in [0.25, 0.3) is 0 Å². The van der Waals surface area contributed by atoms with E-state index in [1.807, 2.05) is 0 Å². The van der Waals surface area contributed by atoms with Crippen molar-refractivity contribution in [1.29, 1.82) is 0 Å². The number of aryl methyl sites for hydroxylation is 1. The molecule has 3 heteroatoms. The number of rotatable bonds is 3. The van der Waals surface area contributed by atoms with Crippen molar-refractivity contribution in [3.63, 3.8) is 0 Å². The normalized spacial score (nSPS) is 24.0. The zero-order valence-corrected chi connectivity index (χ0v) is 14.5. The van der Waals surface area contributed by atoms with Gasteiger partial charge in [0.2, 0.25) is 0 Å². The Morgan fingerprint density at radius 1 is 1.00 bits per heavy atom. The fraction of sp³-hybridized carbons (Fsp3) is 0.737. The first-order chi connectivity index (χ1) is 10.7. The minimum absolute atomic E-state index is 0.566.